The quantitative estimate of drug-likeness (QED) is 0.652. The first-order valence-electron chi connectivity index (χ1n) is 5.93. The number of aromatic hydroxyl groups is 1. The van der Waals surface area contributed by atoms with Crippen molar-refractivity contribution in [1.29, 1.82) is 0 Å². The van der Waals surface area contributed by atoms with Gasteiger partial charge in [0.25, 0.3) is 5.91 Å². The zero-order valence-corrected chi connectivity index (χ0v) is 12.5. The van der Waals surface area contributed by atoms with Crippen molar-refractivity contribution in [2.75, 3.05) is 5.32 Å². The number of nitrogens with one attached hydrogen (secondary N) is 1. The van der Waals surface area contributed by atoms with Crippen LogP contribution in [0.25, 0.3) is 0 Å². The number of carbonyl (C=O) groups excluding carboxylic acids is 1. The van der Waals surface area contributed by atoms with Gasteiger partial charge in [-0.1, -0.05) is 15.9 Å². The van der Waals surface area contributed by atoms with E-state index in [1.165, 1.54) is 6.07 Å². The number of benzene rings is 2. The van der Waals surface area contributed by atoms with Gasteiger partial charge in [-0.05, 0) is 42.8 Å². The highest BCUT2D eigenvalue weighted by molar-refractivity contribution is 9.10. The van der Waals surface area contributed by atoms with Crippen LogP contribution in [0.15, 0.2) is 40.9 Å². The van der Waals surface area contributed by atoms with Gasteiger partial charge in [0.2, 0.25) is 0 Å². The predicted octanol–water partition coefficient (Wildman–Crippen LogP) is 3.62. The molecule has 0 aliphatic rings. The summed E-state index contributed by atoms with van der Waals surface area (Å²) >= 11 is 3.33. The minimum atomic E-state index is -0.714. The van der Waals surface area contributed by atoms with Crippen LogP contribution in [-0.2, 0) is 0 Å². The number of phenolic OH excluding ortho intramolecular Hbond substituents is 1. The lowest BCUT2D eigenvalue weighted by molar-refractivity contribution is -0.385. The number of hydrogen-bond donors (Lipinski definition) is 2. The third-order valence-electron chi connectivity index (χ3n) is 2.73. The van der Waals surface area contributed by atoms with Gasteiger partial charge >= 0.3 is 5.69 Å². The number of carbonyl (C=O) groups is 1. The standard InChI is InChI=1S/C14H11BrN2O4/c1-8-4-10(15)7-11(5-8)16-14(19)9-2-3-12(17(20)21)13(18)6-9/h2-7,18H,1H3,(H,16,19). The molecule has 7 heteroatoms. The molecule has 0 radical (unpaired) electrons. The Balaban J connectivity index is 2.24. The second kappa shape index (κ2) is 5.92. The Labute approximate surface area is 128 Å². The summed E-state index contributed by atoms with van der Waals surface area (Å²) in [5.41, 5.74) is 1.25. The summed E-state index contributed by atoms with van der Waals surface area (Å²) in [6.07, 6.45) is 0. The molecule has 0 saturated heterocycles. The lowest BCUT2D eigenvalue weighted by atomic mass is 10.1. The lowest BCUT2D eigenvalue weighted by Gasteiger charge is -2.07. The van der Waals surface area contributed by atoms with Crippen LogP contribution in [0.2, 0.25) is 0 Å². The van der Waals surface area contributed by atoms with Crippen LogP contribution in [0.3, 0.4) is 0 Å². The normalized spacial score (nSPS) is 10.2. The lowest BCUT2D eigenvalue weighted by Crippen LogP contribution is -2.12. The van der Waals surface area contributed by atoms with Crippen LogP contribution in [0, 0.1) is 17.0 Å². The van der Waals surface area contributed by atoms with Gasteiger partial charge in [-0.3, -0.25) is 14.9 Å². The fourth-order valence-corrected chi connectivity index (χ4v) is 2.44. The number of nitro groups is 1. The van der Waals surface area contributed by atoms with E-state index in [1.807, 2.05) is 13.0 Å². The Hall–Kier alpha value is -2.41. The molecule has 0 fully saturated rings. The van der Waals surface area contributed by atoms with Crippen molar-refractivity contribution >= 4 is 33.2 Å². The molecule has 21 heavy (non-hydrogen) atoms. The fourth-order valence-electron chi connectivity index (χ4n) is 1.83. The molecule has 0 aliphatic carbocycles. The van der Waals surface area contributed by atoms with E-state index in [9.17, 15) is 20.0 Å². The van der Waals surface area contributed by atoms with E-state index in [2.05, 4.69) is 21.2 Å². The Morgan fingerprint density at radius 1 is 1.29 bits per heavy atom. The third-order valence-corrected chi connectivity index (χ3v) is 3.19. The van der Waals surface area contributed by atoms with Crippen molar-refractivity contribution in [3.05, 3.63) is 62.1 Å². The molecule has 0 aromatic heterocycles. The number of nitro benzene ring substituents is 1. The van der Waals surface area contributed by atoms with E-state index in [0.717, 1.165) is 22.2 Å². The van der Waals surface area contributed by atoms with Gasteiger partial charge < -0.3 is 10.4 Å². The molecule has 0 bridgehead atoms. The first-order valence-corrected chi connectivity index (χ1v) is 6.72. The molecule has 0 atom stereocenters. The largest absolute Gasteiger partial charge is 0.502 e. The number of halogens is 1. The Morgan fingerprint density at radius 3 is 2.57 bits per heavy atom. The van der Waals surface area contributed by atoms with E-state index >= 15 is 0 Å². The number of rotatable bonds is 3. The van der Waals surface area contributed by atoms with Gasteiger partial charge in [-0.25, -0.2) is 0 Å². The Morgan fingerprint density at radius 2 is 2.00 bits per heavy atom. The Kier molecular flexibility index (Phi) is 4.23. The number of phenols is 1. The maximum Gasteiger partial charge on any atom is 0.310 e. The molecule has 2 aromatic carbocycles. The smallest absolute Gasteiger partial charge is 0.310 e. The van der Waals surface area contributed by atoms with E-state index in [0.29, 0.717) is 5.69 Å². The maximum atomic E-state index is 12.1. The topological polar surface area (TPSA) is 92.5 Å². The molecule has 2 N–H and O–H groups in total. The molecular weight excluding hydrogens is 340 g/mol. The van der Waals surface area contributed by atoms with Crippen molar-refractivity contribution in [3.63, 3.8) is 0 Å². The molecule has 6 nitrogen and oxygen atoms in total. The molecule has 0 saturated carbocycles. The van der Waals surface area contributed by atoms with E-state index in [1.54, 1.807) is 12.1 Å². The number of nitrogens with zero attached hydrogens (tertiary/aromatic N) is 1. The van der Waals surface area contributed by atoms with E-state index in [-0.39, 0.29) is 5.56 Å². The zero-order valence-electron chi connectivity index (χ0n) is 11.0. The third kappa shape index (κ3) is 3.57. The van der Waals surface area contributed by atoms with Gasteiger partial charge in [0.05, 0.1) is 4.92 Å². The van der Waals surface area contributed by atoms with Crippen LogP contribution in [0.5, 0.6) is 5.75 Å². The van der Waals surface area contributed by atoms with Gasteiger partial charge in [0.1, 0.15) is 0 Å². The molecule has 0 heterocycles. The van der Waals surface area contributed by atoms with Crippen molar-refractivity contribution in [3.8, 4) is 5.75 Å². The summed E-state index contributed by atoms with van der Waals surface area (Å²) in [6.45, 7) is 1.89. The summed E-state index contributed by atoms with van der Waals surface area (Å²) in [5.74, 6) is -1.00. The van der Waals surface area contributed by atoms with Gasteiger partial charge in [-0.2, -0.15) is 0 Å². The van der Waals surface area contributed by atoms with Crippen LogP contribution in [0.4, 0.5) is 11.4 Å². The maximum absolute atomic E-state index is 12.1. The number of hydrogen-bond acceptors (Lipinski definition) is 4. The summed E-state index contributed by atoms with van der Waals surface area (Å²) in [7, 11) is 0. The van der Waals surface area contributed by atoms with Crippen LogP contribution in [0.1, 0.15) is 15.9 Å². The number of anilines is 1. The molecule has 1 amide bonds. The summed E-state index contributed by atoms with van der Waals surface area (Å²) in [4.78, 5) is 22.0. The van der Waals surface area contributed by atoms with Crippen molar-refractivity contribution in [2.24, 2.45) is 0 Å². The fraction of sp³-hybridized carbons (Fsp3) is 0.0714. The minimum Gasteiger partial charge on any atom is -0.502 e. The molecule has 2 rings (SSSR count). The van der Waals surface area contributed by atoms with E-state index < -0.39 is 22.3 Å². The highest BCUT2D eigenvalue weighted by Crippen LogP contribution is 2.27. The number of aryl methyl sites for hydroxylation is 1. The van der Waals surface area contributed by atoms with Crippen molar-refractivity contribution in [1.82, 2.24) is 0 Å². The molecular formula is C14H11BrN2O4. The molecule has 108 valence electrons. The first kappa shape index (κ1) is 15.0. The molecule has 2 aromatic rings. The highest BCUT2D eigenvalue weighted by atomic mass is 79.9. The Bertz CT molecular complexity index is 711. The van der Waals surface area contributed by atoms with Crippen LogP contribution >= 0.6 is 15.9 Å². The molecule has 0 aliphatic heterocycles. The highest BCUT2D eigenvalue weighted by Gasteiger charge is 2.16. The number of amides is 1. The van der Waals surface area contributed by atoms with E-state index in [4.69, 9.17) is 0 Å². The van der Waals surface area contributed by atoms with Crippen molar-refractivity contribution in [2.45, 2.75) is 6.92 Å². The summed E-state index contributed by atoms with van der Waals surface area (Å²) in [5, 5.41) is 22.8. The zero-order chi connectivity index (χ0) is 15.6. The van der Waals surface area contributed by atoms with Gasteiger partial charge in [0.15, 0.2) is 5.75 Å². The van der Waals surface area contributed by atoms with Crippen molar-refractivity contribution < 1.29 is 14.8 Å². The molecule has 0 unspecified atom stereocenters. The second-order valence-corrected chi connectivity index (χ2v) is 5.35. The monoisotopic (exact) mass is 350 g/mol. The van der Waals surface area contributed by atoms with Gasteiger partial charge in [0, 0.05) is 21.8 Å². The summed E-state index contributed by atoms with van der Waals surface area (Å²) < 4.78 is 0.823. The minimum absolute atomic E-state index is 0.135. The van der Waals surface area contributed by atoms with Gasteiger partial charge in [-0.15, -0.1) is 0 Å². The first-order chi connectivity index (χ1) is 9.86. The predicted molar refractivity (Wildman–Crippen MR) is 81.6 cm³/mol. The average molecular weight is 351 g/mol. The average Bonchev–Trinajstić information content (AvgIpc) is 2.36. The van der Waals surface area contributed by atoms with Crippen LogP contribution < -0.4 is 5.32 Å². The van der Waals surface area contributed by atoms with Crippen LogP contribution in [-0.4, -0.2) is 15.9 Å². The molecule has 0 spiro atoms. The summed E-state index contributed by atoms with van der Waals surface area (Å²) in [6, 6.07) is 8.87. The second-order valence-electron chi connectivity index (χ2n) is 4.43. The SMILES string of the molecule is Cc1cc(Br)cc(NC(=O)c2ccc([N+](=O)[O-])c(O)c2)c1.